The molecule has 4 rings (SSSR count). The van der Waals surface area contributed by atoms with Gasteiger partial charge in [-0.05, 0) is 61.2 Å². The zero-order valence-corrected chi connectivity index (χ0v) is 22.4. The molecule has 3 amide bonds. The molecule has 1 aliphatic rings. The van der Waals surface area contributed by atoms with Gasteiger partial charge in [-0.2, -0.15) is 0 Å². The van der Waals surface area contributed by atoms with E-state index < -0.39 is 17.8 Å². The van der Waals surface area contributed by atoms with Gasteiger partial charge in [0.15, 0.2) is 0 Å². The number of benzene rings is 2. The molecule has 0 saturated heterocycles. The number of hydrogen-bond donors (Lipinski definition) is 2. The normalized spacial score (nSPS) is 14.3. The molecule has 9 heteroatoms. The summed E-state index contributed by atoms with van der Waals surface area (Å²) < 4.78 is 15.1. The van der Waals surface area contributed by atoms with E-state index in [0.717, 1.165) is 32.1 Å². The van der Waals surface area contributed by atoms with Crippen molar-refractivity contribution >= 4 is 40.8 Å². The monoisotopic (exact) mass is 550 g/mol. The van der Waals surface area contributed by atoms with Gasteiger partial charge < -0.3 is 10.6 Å². The van der Waals surface area contributed by atoms with E-state index in [1.54, 1.807) is 54.7 Å². The van der Waals surface area contributed by atoms with Crippen molar-refractivity contribution in [3.63, 3.8) is 0 Å². The van der Waals surface area contributed by atoms with Crippen molar-refractivity contribution in [3.05, 3.63) is 89.3 Å². The van der Waals surface area contributed by atoms with Gasteiger partial charge in [0.25, 0.3) is 0 Å². The number of nitrogens with zero attached hydrogens (tertiary/aromatic N) is 2. The number of hydrogen-bond acceptors (Lipinski definition) is 4. The molecule has 1 aromatic heterocycles. The molecule has 2 aromatic carbocycles. The summed E-state index contributed by atoms with van der Waals surface area (Å²) in [4.78, 5) is 45.2. The Morgan fingerprint density at radius 2 is 1.67 bits per heavy atom. The van der Waals surface area contributed by atoms with E-state index in [9.17, 15) is 14.4 Å². The number of amides is 3. The summed E-state index contributed by atoms with van der Waals surface area (Å²) >= 11 is 6.11. The van der Waals surface area contributed by atoms with Crippen LogP contribution >= 0.6 is 11.6 Å². The summed E-state index contributed by atoms with van der Waals surface area (Å²) in [5.41, 5.74) is 0.511. The Hall–Kier alpha value is -3.78. The third-order valence-electron chi connectivity index (χ3n) is 6.75. The van der Waals surface area contributed by atoms with Crippen molar-refractivity contribution in [1.82, 2.24) is 10.3 Å². The Balaban J connectivity index is 1.58. The van der Waals surface area contributed by atoms with Crippen LogP contribution in [0.15, 0.2) is 72.9 Å². The SMILES string of the molecule is O=C(CCCC(=O)N(c1ccccc1F)[C@@H](C(=O)NC1CCCCC1)c1ccc(Cl)cc1)Nc1ccccn1. The van der Waals surface area contributed by atoms with Crippen LogP contribution in [0.2, 0.25) is 5.02 Å². The van der Waals surface area contributed by atoms with Crippen molar-refractivity contribution in [3.8, 4) is 0 Å². The van der Waals surface area contributed by atoms with E-state index in [1.165, 1.54) is 23.1 Å². The van der Waals surface area contributed by atoms with Gasteiger partial charge in [-0.15, -0.1) is 0 Å². The largest absolute Gasteiger partial charge is 0.351 e. The number of aromatic nitrogens is 1. The summed E-state index contributed by atoms with van der Waals surface area (Å²) in [5, 5.41) is 6.27. The molecule has 0 unspecified atom stereocenters. The third kappa shape index (κ3) is 7.86. The average Bonchev–Trinajstić information content (AvgIpc) is 2.94. The second-order valence-corrected chi connectivity index (χ2v) is 10.1. The first kappa shape index (κ1) is 28.2. The third-order valence-corrected chi connectivity index (χ3v) is 7.00. The topological polar surface area (TPSA) is 91.4 Å². The fourth-order valence-electron chi connectivity index (χ4n) is 4.82. The number of carbonyl (C=O) groups is 3. The summed E-state index contributed by atoms with van der Waals surface area (Å²) in [6.07, 6.45) is 6.66. The predicted octanol–water partition coefficient (Wildman–Crippen LogP) is 6.21. The number of anilines is 2. The van der Waals surface area contributed by atoms with Crippen molar-refractivity contribution in [2.45, 2.75) is 63.5 Å². The Morgan fingerprint density at radius 3 is 2.36 bits per heavy atom. The molecule has 39 heavy (non-hydrogen) atoms. The highest BCUT2D eigenvalue weighted by Gasteiger charge is 2.35. The molecule has 0 bridgehead atoms. The molecule has 7 nitrogen and oxygen atoms in total. The van der Waals surface area contributed by atoms with Crippen molar-refractivity contribution < 1.29 is 18.8 Å². The molecule has 1 atom stereocenters. The number of para-hydroxylation sites is 1. The second kappa shape index (κ2) is 13.8. The highest BCUT2D eigenvalue weighted by Crippen LogP contribution is 2.32. The van der Waals surface area contributed by atoms with E-state index in [4.69, 9.17) is 11.6 Å². The zero-order valence-electron chi connectivity index (χ0n) is 21.6. The molecule has 1 heterocycles. The zero-order chi connectivity index (χ0) is 27.6. The molecule has 204 valence electrons. The second-order valence-electron chi connectivity index (χ2n) is 9.63. The standard InChI is InChI=1S/C30H32ClFN4O3/c31-22-18-16-21(17-19-22)29(30(39)34-23-9-2-1-3-10-23)36(25-12-5-4-11-24(25)32)28(38)15-8-14-27(37)35-26-13-6-7-20-33-26/h4-7,11-13,16-20,23,29H,1-3,8-10,14-15H2,(H,34,39)(H,33,35,37)/t29-/m1/s1. The van der Waals surface area contributed by atoms with E-state index in [-0.39, 0.29) is 42.8 Å². The van der Waals surface area contributed by atoms with Gasteiger partial charge in [0.1, 0.15) is 17.7 Å². The van der Waals surface area contributed by atoms with Gasteiger partial charge in [0, 0.05) is 30.1 Å². The highest BCUT2D eigenvalue weighted by molar-refractivity contribution is 6.30. The van der Waals surface area contributed by atoms with Crippen LogP contribution in [0.1, 0.15) is 63.0 Å². The first-order chi connectivity index (χ1) is 18.9. The van der Waals surface area contributed by atoms with Crippen molar-refractivity contribution in [2.75, 3.05) is 10.2 Å². The molecule has 1 aliphatic carbocycles. The lowest BCUT2D eigenvalue weighted by Gasteiger charge is -2.33. The fraction of sp³-hybridized carbons (Fsp3) is 0.333. The summed E-state index contributed by atoms with van der Waals surface area (Å²) in [6.45, 7) is 0. The maximum Gasteiger partial charge on any atom is 0.248 e. The van der Waals surface area contributed by atoms with Crippen LogP contribution in [0.3, 0.4) is 0 Å². The van der Waals surface area contributed by atoms with Crippen LogP contribution in [0.4, 0.5) is 15.9 Å². The van der Waals surface area contributed by atoms with Crippen LogP contribution in [0.5, 0.6) is 0 Å². The average molecular weight is 551 g/mol. The summed E-state index contributed by atoms with van der Waals surface area (Å²) in [7, 11) is 0. The fourth-order valence-corrected chi connectivity index (χ4v) is 4.94. The maximum atomic E-state index is 15.1. The van der Waals surface area contributed by atoms with E-state index >= 15 is 4.39 Å². The first-order valence-electron chi connectivity index (χ1n) is 13.3. The quantitative estimate of drug-likeness (QED) is 0.314. The molecule has 0 spiro atoms. The molecular formula is C30H32ClFN4O3. The Morgan fingerprint density at radius 1 is 0.949 bits per heavy atom. The number of rotatable bonds is 10. The van der Waals surface area contributed by atoms with Gasteiger partial charge in [-0.25, -0.2) is 9.37 Å². The molecule has 0 radical (unpaired) electrons. The van der Waals surface area contributed by atoms with Gasteiger partial charge in [-0.3, -0.25) is 19.3 Å². The predicted molar refractivity (Wildman–Crippen MR) is 150 cm³/mol. The van der Waals surface area contributed by atoms with Crippen LogP contribution < -0.4 is 15.5 Å². The van der Waals surface area contributed by atoms with Crippen molar-refractivity contribution in [1.29, 1.82) is 0 Å². The highest BCUT2D eigenvalue weighted by atomic mass is 35.5. The number of carbonyl (C=O) groups excluding carboxylic acids is 3. The van der Waals surface area contributed by atoms with Crippen LogP contribution in [-0.4, -0.2) is 28.7 Å². The minimum Gasteiger partial charge on any atom is -0.351 e. The number of nitrogens with one attached hydrogen (secondary N) is 2. The Kier molecular flexibility index (Phi) is 10.0. The molecule has 1 fully saturated rings. The minimum absolute atomic E-state index is 0.000758. The van der Waals surface area contributed by atoms with Crippen LogP contribution in [-0.2, 0) is 14.4 Å². The van der Waals surface area contributed by atoms with E-state index in [1.807, 2.05) is 0 Å². The van der Waals surface area contributed by atoms with Crippen LogP contribution in [0.25, 0.3) is 0 Å². The molecular weight excluding hydrogens is 519 g/mol. The van der Waals surface area contributed by atoms with Crippen molar-refractivity contribution in [2.24, 2.45) is 0 Å². The van der Waals surface area contributed by atoms with Gasteiger partial charge in [0.05, 0.1) is 5.69 Å². The first-order valence-corrected chi connectivity index (χ1v) is 13.6. The number of pyridine rings is 1. The van der Waals surface area contributed by atoms with Crippen LogP contribution in [0, 0.1) is 5.82 Å². The summed E-state index contributed by atoms with van der Waals surface area (Å²) in [6, 6.07) is 16.6. The van der Waals surface area contributed by atoms with Gasteiger partial charge >= 0.3 is 0 Å². The Bertz CT molecular complexity index is 1270. The minimum atomic E-state index is -1.11. The molecule has 1 saturated carbocycles. The Labute approximate surface area is 232 Å². The molecule has 2 N–H and O–H groups in total. The smallest absolute Gasteiger partial charge is 0.248 e. The van der Waals surface area contributed by atoms with Gasteiger partial charge in [0.2, 0.25) is 17.7 Å². The lowest BCUT2D eigenvalue weighted by Crippen LogP contribution is -2.47. The lowest BCUT2D eigenvalue weighted by molar-refractivity contribution is -0.127. The summed E-state index contributed by atoms with van der Waals surface area (Å²) in [5.74, 6) is -1.34. The maximum absolute atomic E-state index is 15.1. The molecule has 3 aromatic rings. The molecule has 0 aliphatic heterocycles. The van der Waals surface area contributed by atoms with E-state index in [0.29, 0.717) is 16.4 Å². The number of halogens is 2. The van der Waals surface area contributed by atoms with Gasteiger partial charge in [-0.1, -0.05) is 61.2 Å². The van der Waals surface area contributed by atoms with E-state index in [2.05, 4.69) is 15.6 Å². The lowest BCUT2D eigenvalue weighted by atomic mass is 9.94.